The summed E-state index contributed by atoms with van der Waals surface area (Å²) in [6.45, 7) is 6.86. The number of hydrogen-bond donors (Lipinski definition) is 7. The molecule has 0 bridgehead atoms. The third-order valence-corrected chi connectivity index (χ3v) is 9.32. The number of fused-ring (bicyclic) bond motifs is 1. The van der Waals surface area contributed by atoms with Crippen LogP contribution in [0.3, 0.4) is 0 Å². The lowest BCUT2D eigenvalue weighted by atomic mass is 9.89. The Morgan fingerprint density at radius 3 is 1.57 bits per heavy atom. The minimum absolute atomic E-state index is 0.426. The maximum atomic E-state index is 9.55. The number of nitrogens with zero attached hydrogens (tertiary/aromatic N) is 5. The molecule has 2 aromatic heterocycles. The Labute approximate surface area is 349 Å². The Hall–Kier alpha value is -7.38. The molecule has 8 N–H and O–H groups in total. The van der Waals surface area contributed by atoms with E-state index in [-0.39, 0.29) is 0 Å². The number of anilines is 1. The molecule has 1 aliphatic carbocycles. The molecule has 1 saturated carbocycles. The van der Waals surface area contributed by atoms with Crippen LogP contribution in [0.15, 0.2) is 97.5 Å². The number of carboxylic acids is 6. The third kappa shape index (κ3) is 16.4. The van der Waals surface area contributed by atoms with Crippen molar-refractivity contribution in [3.05, 3.63) is 103 Å². The van der Waals surface area contributed by atoms with Crippen LogP contribution in [0.1, 0.15) is 37.3 Å². The summed E-state index contributed by atoms with van der Waals surface area (Å²) < 4.78 is 8.44. The Bertz CT molecular complexity index is 2110. The van der Waals surface area contributed by atoms with Crippen LogP contribution in [-0.2, 0) is 28.8 Å². The molecule has 0 spiro atoms. The number of ether oxygens (including phenoxy) is 1. The lowest BCUT2D eigenvalue weighted by Crippen LogP contribution is -2.49. The lowest BCUT2D eigenvalue weighted by molar-refractivity contribution is -0.134. The zero-order valence-electron chi connectivity index (χ0n) is 33.4. The van der Waals surface area contributed by atoms with Crippen molar-refractivity contribution in [1.29, 1.82) is 0 Å². The van der Waals surface area contributed by atoms with E-state index in [1.165, 1.54) is 39.0 Å². The average Bonchev–Trinajstić information content (AvgIpc) is 3.61. The van der Waals surface area contributed by atoms with Gasteiger partial charge in [-0.3, -0.25) is 4.90 Å². The number of aryl methyl sites for hydroxylation is 1. The van der Waals surface area contributed by atoms with E-state index in [4.69, 9.17) is 46.1 Å². The minimum Gasteiger partial charge on any atom is -0.478 e. The Kier molecular flexibility index (Phi) is 18.8. The topological polar surface area (TPSA) is 296 Å². The molecule has 2 fully saturated rings. The number of para-hydroxylation sites is 1. The van der Waals surface area contributed by atoms with Crippen molar-refractivity contribution in [1.82, 2.24) is 24.3 Å². The van der Waals surface area contributed by atoms with Crippen LogP contribution in [0.4, 0.5) is 5.82 Å². The van der Waals surface area contributed by atoms with Crippen molar-refractivity contribution < 1.29 is 64.1 Å². The fourth-order valence-corrected chi connectivity index (χ4v) is 6.53. The number of carboxylic acid groups (broad SMARTS) is 6. The number of piperazine rings is 1. The van der Waals surface area contributed by atoms with E-state index in [2.05, 4.69) is 51.7 Å². The molecule has 4 aromatic rings. The second-order valence-electron chi connectivity index (χ2n) is 13.6. The average molecular weight is 845 g/mol. The zero-order chi connectivity index (χ0) is 45.1. The van der Waals surface area contributed by atoms with Gasteiger partial charge in [0.2, 0.25) is 0 Å². The molecule has 0 atom stereocenters. The molecular formula is C42H48N6O13. The molecule has 1 saturated heterocycles. The van der Waals surface area contributed by atoms with Crippen molar-refractivity contribution in [2.24, 2.45) is 0 Å². The van der Waals surface area contributed by atoms with Gasteiger partial charge in [0.25, 0.3) is 0 Å². The highest BCUT2D eigenvalue weighted by Gasteiger charge is 2.30. The zero-order valence-corrected chi connectivity index (χ0v) is 33.4. The fraction of sp³-hybridized carbons (Fsp3) is 0.286. The van der Waals surface area contributed by atoms with E-state index in [0.717, 1.165) is 52.1 Å². The number of aliphatic carboxylic acids is 6. The molecule has 0 unspecified atom stereocenters. The smallest absolute Gasteiger partial charge is 0.328 e. The highest BCUT2D eigenvalue weighted by Crippen LogP contribution is 2.40. The highest BCUT2D eigenvalue weighted by molar-refractivity contribution is 6.01. The summed E-state index contributed by atoms with van der Waals surface area (Å²) in [6, 6.07) is 17.2. The highest BCUT2D eigenvalue weighted by atomic mass is 16.5. The molecule has 19 heteroatoms. The number of benzene rings is 2. The predicted octanol–water partition coefficient (Wildman–Crippen LogP) is 4.65. The maximum Gasteiger partial charge on any atom is 0.328 e. The molecule has 3 heterocycles. The van der Waals surface area contributed by atoms with Crippen molar-refractivity contribution in [2.75, 3.05) is 39.0 Å². The first-order valence-corrected chi connectivity index (χ1v) is 18.7. The molecule has 2 aliphatic rings. The maximum absolute atomic E-state index is 9.55. The van der Waals surface area contributed by atoms with Gasteiger partial charge in [-0.15, -0.1) is 0 Å². The summed E-state index contributed by atoms with van der Waals surface area (Å²) in [5.41, 5.74) is 10.8. The fourth-order valence-electron chi connectivity index (χ4n) is 6.53. The van der Waals surface area contributed by atoms with Gasteiger partial charge in [0, 0.05) is 86.5 Å². The van der Waals surface area contributed by atoms with Crippen LogP contribution in [-0.4, -0.2) is 130 Å². The van der Waals surface area contributed by atoms with E-state index in [0.29, 0.717) is 54.4 Å². The van der Waals surface area contributed by atoms with E-state index >= 15 is 0 Å². The molecule has 0 radical (unpaired) electrons. The SMILES string of the molecule is Cc1cc(Oc2ccccc2)ccc1-c1cn(C2CCC(N3CCN(C)CC3)CC2)c2ncnc(N)c12.O=C(O)/C=C\C(=O)O.O=C(O)/C=C\C(=O)O.O=C(O)/C=C\C(=O)O. The predicted molar refractivity (Wildman–Crippen MR) is 222 cm³/mol. The number of nitrogens with two attached hydrogens (primary N) is 1. The lowest BCUT2D eigenvalue weighted by Gasteiger charge is -2.41. The molecule has 61 heavy (non-hydrogen) atoms. The number of hydrogen-bond acceptors (Lipinski definition) is 12. The second kappa shape index (κ2) is 23.9. The first-order chi connectivity index (χ1) is 28.9. The third-order valence-electron chi connectivity index (χ3n) is 9.32. The van der Waals surface area contributed by atoms with Crippen LogP contribution in [0, 0.1) is 6.92 Å². The summed E-state index contributed by atoms with van der Waals surface area (Å²) in [7, 11) is 2.22. The number of aromatic nitrogens is 3. The largest absolute Gasteiger partial charge is 0.478 e. The van der Waals surface area contributed by atoms with Gasteiger partial charge in [-0.2, -0.15) is 0 Å². The van der Waals surface area contributed by atoms with Crippen molar-refractivity contribution in [2.45, 2.75) is 44.7 Å². The van der Waals surface area contributed by atoms with Gasteiger partial charge in [0.1, 0.15) is 29.3 Å². The van der Waals surface area contributed by atoms with Gasteiger partial charge in [0.05, 0.1) is 5.39 Å². The van der Waals surface area contributed by atoms with Crippen LogP contribution in [0.2, 0.25) is 0 Å². The summed E-state index contributed by atoms with van der Waals surface area (Å²) >= 11 is 0. The van der Waals surface area contributed by atoms with E-state index in [1.807, 2.05) is 36.4 Å². The van der Waals surface area contributed by atoms with E-state index in [1.54, 1.807) is 6.33 Å². The molecule has 0 amide bonds. The van der Waals surface area contributed by atoms with Crippen LogP contribution in [0.5, 0.6) is 11.5 Å². The van der Waals surface area contributed by atoms with E-state index < -0.39 is 35.8 Å². The first-order valence-electron chi connectivity index (χ1n) is 18.7. The molecule has 2 aromatic carbocycles. The summed E-state index contributed by atoms with van der Waals surface area (Å²) in [5, 5.41) is 47.8. The van der Waals surface area contributed by atoms with Crippen LogP contribution < -0.4 is 10.5 Å². The van der Waals surface area contributed by atoms with Crippen molar-refractivity contribution in [3.8, 4) is 22.6 Å². The first kappa shape index (κ1) is 48.0. The Balaban J connectivity index is 0.000000338. The van der Waals surface area contributed by atoms with Crippen molar-refractivity contribution in [3.63, 3.8) is 0 Å². The van der Waals surface area contributed by atoms with Gasteiger partial charge < -0.3 is 50.6 Å². The summed E-state index contributed by atoms with van der Waals surface area (Å²) in [4.78, 5) is 71.5. The monoisotopic (exact) mass is 844 g/mol. The molecule has 324 valence electrons. The van der Waals surface area contributed by atoms with E-state index in [9.17, 15) is 28.8 Å². The summed E-state index contributed by atoms with van der Waals surface area (Å²) in [5.74, 6) is -5.35. The Morgan fingerprint density at radius 1 is 0.639 bits per heavy atom. The standard InChI is InChI=1S/C30H36N6O.3C4H4O4/c1-21-18-25(37-24-6-4-3-5-7-24)12-13-26(21)27-19-36(30-28(27)29(31)32-20-33-30)23-10-8-22(9-11-23)35-16-14-34(2)15-17-35;3*5-3(6)1-2-4(7)8/h3-7,12-13,18-20,22-23H,8-11,14-17H2,1-2H3,(H2,31,32,33);3*1-2H,(H,5,6)(H,7,8)/b;3*2-1-. The number of nitrogen functional groups attached to an aromatic ring is 1. The van der Waals surface area contributed by atoms with Crippen LogP contribution in [0.25, 0.3) is 22.2 Å². The quantitative estimate of drug-likeness (QED) is 0.101. The number of carbonyl (C=O) groups is 6. The normalized spacial score (nSPS) is 16.7. The van der Waals surface area contributed by atoms with Gasteiger partial charge in [0.15, 0.2) is 0 Å². The van der Waals surface area contributed by atoms with Gasteiger partial charge in [-0.1, -0.05) is 24.3 Å². The number of rotatable bonds is 11. The minimum atomic E-state index is -1.26. The summed E-state index contributed by atoms with van der Waals surface area (Å²) in [6.07, 6.45) is 12.0. The van der Waals surface area contributed by atoms with Crippen LogP contribution >= 0.6 is 0 Å². The van der Waals surface area contributed by atoms with Gasteiger partial charge in [-0.05, 0) is 75.0 Å². The second-order valence-corrected chi connectivity index (χ2v) is 13.6. The van der Waals surface area contributed by atoms with Gasteiger partial charge in [-0.25, -0.2) is 38.7 Å². The Morgan fingerprint density at radius 2 is 1.11 bits per heavy atom. The van der Waals surface area contributed by atoms with Gasteiger partial charge >= 0.3 is 35.8 Å². The molecule has 6 rings (SSSR count). The molecular weight excluding hydrogens is 796 g/mol. The molecule has 19 nitrogen and oxygen atoms in total. The number of likely N-dealkylation sites (N-methyl/N-ethyl adjacent to an activating group) is 1. The molecule has 1 aliphatic heterocycles. The van der Waals surface area contributed by atoms with Crippen molar-refractivity contribution >= 4 is 52.7 Å².